The van der Waals surface area contributed by atoms with Crippen LogP contribution in [0.1, 0.15) is 22.8 Å². The van der Waals surface area contributed by atoms with Crippen LogP contribution >= 0.6 is 0 Å². The highest BCUT2D eigenvalue weighted by Gasteiger charge is 2.25. The van der Waals surface area contributed by atoms with E-state index in [-0.39, 0.29) is 16.0 Å². The Balaban J connectivity index is 3.18. The molecule has 1 aromatic carbocycles. The summed E-state index contributed by atoms with van der Waals surface area (Å²) >= 11 is 0. The zero-order valence-electron chi connectivity index (χ0n) is 12.2. The third kappa shape index (κ3) is 3.79. The van der Waals surface area contributed by atoms with Crippen molar-refractivity contribution in [1.82, 2.24) is 9.62 Å². The van der Waals surface area contributed by atoms with Crippen LogP contribution in [0, 0.1) is 6.92 Å². The number of benzene rings is 1. The van der Waals surface area contributed by atoms with Crippen LogP contribution in [0.3, 0.4) is 0 Å². The molecule has 0 aliphatic rings. The summed E-state index contributed by atoms with van der Waals surface area (Å²) in [5, 5.41) is 9.02. The van der Waals surface area contributed by atoms with Crippen molar-refractivity contribution < 1.29 is 23.1 Å². The average molecular weight is 314 g/mol. The van der Waals surface area contributed by atoms with Crippen LogP contribution in [0.2, 0.25) is 0 Å². The summed E-state index contributed by atoms with van der Waals surface area (Å²) in [6.07, 6.45) is 0. The van der Waals surface area contributed by atoms with Crippen LogP contribution in [0.15, 0.2) is 23.1 Å². The van der Waals surface area contributed by atoms with Gasteiger partial charge in [-0.1, -0.05) is 6.07 Å². The minimum Gasteiger partial charge on any atom is -0.478 e. The Morgan fingerprint density at radius 1 is 1.29 bits per heavy atom. The van der Waals surface area contributed by atoms with Crippen molar-refractivity contribution in [2.24, 2.45) is 0 Å². The summed E-state index contributed by atoms with van der Waals surface area (Å²) in [5.74, 6) is -1.60. The number of carboxylic acids is 1. The number of carboxylic acid groups (broad SMARTS) is 1. The van der Waals surface area contributed by atoms with E-state index in [1.807, 2.05) is 0 Å². The van der Waals surface area contributed by atoms with E-state index in [1.54, 1.807) is 0 Å². The van der Waals surface area contributed by atoms with E-state index < -0.39 is 27.9 Å². The molecule has 0 aliphatic carbocycles. The van der Waals surface area contributed by atoms with Gasteiger partial charge in [0.05, 0.1) is 16.5 Å². The van der Waals surface area contributed by atoms with E-state index in [0.717, 1.165) is 0 Å². The largest absolute Gasteiger partial charge is 0.478 e. The molecule has 0 aromatic heterocycles. The third-order valence-electron chi connectivity index (χ3n) is 2.95. The smallest absolute Gasteiger partial charge is 0.335 e. The van der Waals surface area contributed by atoms with Crippen LogP contribution in [0.4, 0.5) is 0 Å². The number of sulfonamides is 1. The number of carbonyl (C=O) groups is 2. The highest BCUT2D eigenvalue weighted by molar-refractivity contribution is 7.89. The van der Waals surface area contributed by atoms with E-state index in [1.165, 1.54) is 51.0 Å². The minimum absolute atomic E-state index is 0.0931. The number of nitrogens with zero attached hydrogens (tertiary/aromatic N) is 1. The van der Waals surface area contributed by atoms with Gasteiger partial charge in [0.2, 0.25) is 15.9 Å². The first kappa shape index (κ1) is 17.1. The van der Waals surface area contributed by atoms with Crippen molar-refractivity contribution >= 4 is 21.9 Å². The molecule has 0 spiro atoms. The summed E-state index contributed by atoms with van der Waals surface area (Å²) in [4.78, 5) is 23.9. The van der Waals surface area contributed by atoms with Gasteiger partial charge in [-0.25, -0.2) is 13.2 Å². The number of rotatable bonds is 5. The van der Waals surface area contributed by atoms with Crippen LogP contribution in [-0.4, -0.2) is 50.4 Å². The Morgan fingerprint density at radius 2 is 1.86 bits per heavy atom. The van der Waals surface area contributed by atoms with Gasteiger partial charge in [0.1, 0.15) is 0 Å². The number of nitrogens with one attached hydrogen (secondary N) is 1. The van der Waals surface area contributed by atoms with Gasteiger partial charge in [-0.05, 0) is 31.5 Å². The van der Waals surface area contributed by atoms with Gasteiger partial charge in [-0.2, -0.15) is 4.72 Å². The number of hydrogen-bond acceptors (Lipinski definition) is 4. The van der Waals surface area contributed by atoms with E-state index in [9.17, 15) is 18.0 Å². The molecule has 0 fully saturated rings. The van der Waals surface area contributed by atoms with Crippen molar-refractivity contribution in [2.75, 3.05) is 14.1 Å². The van der Waals surface area contributed by atoms with Gasteiger partial charge in [-0.15, -0.1) is 0 Å². The normalized spacial score (nSPS) is 12.8. The van der Waals surface area contributed by atoms with Gasteiger partial charge >= 0.3 is 5.97 Å². The number of amides is 1. The topological polar surface area (TPSA) is 104 Å². The second-order valence-electron chi connectivity index (χ2n) is 4.81. The first-order valence-corrected chi connectivity index (χ1v) is 7.62. The Bertz CT molecular complexity index is 667. The standard InChI is InChI=1S/C13H18N2O5S/c1-8-10(13(17)18)6-5-7-11(8)21(19,20)14-9(2)12(16)15(3)4/h5-7,9,14H,1-4H3,(H,17,18). The van der Waals surface area contributed by atoms with E-state index in [4.69, 9.17) is 5.11 Å². The minimum atomic E-state index is -3.99. The first-order chi connectivity index (χ1) is 9.58. The maximum absolute atomic E-state index is 12.3. The van der Waals surface area contributed by atoms with Crippen molar-refractivity contribution in [3.8, 4) is 0 Å². The highest BCUT2D eigenvalue weighted by Crippen LogP contribution is 2.19. The monoisotopic (exact) mass is 314 g/mol. The summed E-state index contributed by atoms with van der Waals surface area (Å²) < 4.78 is 26.8. The van der Waals surface area contributed by atoms with Gasteiger partial charge in [0.25, 0.3) is 0 Å². The number of likely N-dealkylation sites (N-methyl/N-ethyl adjacent to an activating group) is 1. The van der Waals surface area contributed by atoms with E-state index >= 15 is 0 Å². The molecule has 21 heavy (non-hydrogen) atoms. The Kier molecular flexibility index (Phi) is 5.08. The molecular weight excluding hydrogens is 296 g/mol. The van der Waals surface area contributed by atoms with Gasteiger partial charge in [0.15, 0.2) is 0 Å². The lowest BCUT2D eigenvalue weighted by molar-refractivity contribution is -0.130. The van der Waals surface area contributed by atoms with Crippen molar-refractivity contribution in [2.45, 2.75) is 24.8 Å². The molecule has 1 atom stereocenters. The van der Waals surface area contributed by atoms with Crippen molar-refractivity contribution in [1.29, 1.82) is 0 Å². The molecule has 0 radical (unpaired) electrons. The fourth-order valence-corrected chi connectivity index (χ4v) is 3.34. The lowest BCUT2D eigenvalue weighted by Gasteiger charge is -2.19. The predicted octanol–water partition coefficient (Wildman–Crippen LogP) is 0.448. The second kappa shape index (κ2) is 6.23. The predicted molar refractivity (Wildman–Crippen MR) is 76.6 cm³/mol. The molecule has 1 amide bonds. The maximum Gasteiger partial charge on any atom is 0.335 e. The molecule has 0 bridgehead atoms. The number of carbonyl (C=O) groups excluding carboxylic acids is 1. The Morgan fingerprint density at radius 3 is 2.33 bits per heavy atom. The molecule has 8 heteroatoms. The molecule has 116 valence electrons. The van der Waals surface area contributed by atoms with Gasteiger partial charge < -0.3 is 10.0 Å². The fourth-order valence-electron chi connectivity index (χ4n) is 1.87. The maximum atomic E-state index is 12.3. The molecule has 0 saturated heterocycles. The fraction of sp³-hybridized carbons (Fsp3) is 0.385. The lowest BCUT2D eigenvalue weighted by Crippen LogP contribution is -2.44. The molecule has 1 unspecified atom stereocenters. The average Bonchev–Trinajstić information content (AvgIpc) is 2.36. The number of hydrogen-bond donors (Lipinski definition) is 2. The Labute approximate surface area is 123 Å². The molecule has 1 aromatic rings. The highest BCUT2D eigenvalue weighted by atomic mass is 32.2. The molecule has 2 N–H and O–H groups in total. The van der Waals surface area contributed by atoms with Crippen LogP contribution in [0.25, 0.3) is 0 Å². The summed E-state index contributed by atoms with van der Waals surface area (Å²) in [6, 6.07) is 3.03. The van der Waals surface area contributed by atoms with Crippen molar-refractivity contribution in [3.63, 3.8) is 0 Å². The zero-order chi connectivity index (χ0) is 16.4. The number of aromatic carboxylic acids is 1. The summed E-state index contributed by atoms with van der Waals surface area (Å²) in [5.41, 5.74) is 0.0338. The first-order valence-electron chi connectivity index (χ1n) is 6.14. The van der Waals surface area contributed by atoms with E-state index in [2.05, 4.69) is 4.72 Å². The quantitative estimate of drug-likeness (QED) is 0.821. The van der Waals surface area contributed by atoms with Crippen molar-refractivity contribution in [3.05, 3.63) is 29.3 Å². The zero-order valence-corrected chi connectivity index (χ0v) is 13.1. The third-order valence-corrected chi connectivity index (χ3v) is 4.63. The van der Waals surface area contributed by atoms with Gasteiger partial charge in [-0.3, -0.25) is 4.79 Å². The molecule has 0 saturated carbocycles. The van der Waals surface area contributed by atoms with Gasteiger partial charge in [0, 0.05) is 14.1 Å². The second-order valence-corrected chi connectivity index (χ2v) is 6.49. The van der Waals surface area contributed by atoms with Crippen LogP contribution < -0.4 is 4.72 Å². The Hall–Kier alpha value is -1.93. The van der Waals surface area contributed by atoms with E-state index in [0.29, 0.717) is 0 Å². The molecule has 1 rings (SSSR count). The lowest BCUT2D eigenvalue weighted by atomic mass is 10.1. The molecule has 7 nitrogen and oxygen atoms in total. The molecular formula is C13H18N2O5S. The summed E-state index contributed by atoms with van der Waals surface area (Å²) in [7, 11) is -0.951. The molecule has 0 aliphatic heterocycles. The SMILES string of the molecule is Cc1c(C(=O)O)cccc1S(=O)(=O)NC(C)C(=O)N(C)C. The van der Waals surface area contributed by atoms with Crippen LogP contribution in [0.5, 0.6) is 0 Å². The molecule has 0 heterocycles. The van der Waals surface area contributed by atoms with Crippen LogP contribution in [-0.2, 0) is 14.8 Å². The summed E-state index contributed by atoms with van der Waals surface area (Å²) in [6.45, 7) is 2.84.